The van der Waals surface area contributed by atoms with Crippen LogP contribution in [0.15, 0.2) is 0 Å². The van der Waals surface area contributed by atoms with E-state index in [9.17, 15) is 0 Å². The summed E-state index contributed by atoms with van der Waals surface area (Å²) in [5, 5.41) is 0. The number of hydrogen-bond donors (Lipinski definition) is 0. The molecule has 0 aliphatic rings. The quantitative estimate of drug-likeness (QED) is 0.501. The lowest BCUT2D eigenvalue weighted by Gasteiger charge is -2.24. The van der Waals surface area contributed by atoms with Gasteiger partial charge in [0.05, 0.1) is 0 Å². The summed E-state index contributed by atoms with van der Waals surface area (Å²) in [7, 11) is -2.04. The third-order valence-electron chi connectivity index (χ3n) is 1.18. The van der Waals surface area contributed by atoms with Crippen LogP contribution >= 0.6 is 0 Å². The summed E-state index contributed by atoms with van der Waals surface area (Å²) < 4.78 is 16.4. The SMILES string of the molecule is C[SiH2]O[Si](C)(O[SiH3])O[SiH2]C. The van der Waals surface area contributed by atoms with Gasteiger partial charge in [0.1, 0.15) is 30.0 Å². The van der Waals surface area contributed by atoms with E-state index in [-0.39, 0.29) is 19.5 Å². The zero-order chi connectivity index (χ0) is 8.04. The first-order chi connectivity index (χ1) is 4.68. The van der Waals surface area contributed by atoms with Crippen LogP contribution in [0.2, 0.25) is 19.6 Å². The van der Waals surface area contributed by atoms with Gasteiger partial charge in [-0.1, -0.05) is 13.1 Å². The minimum absolute atomic E-state index is 0.365. The first-order valence-electron chi connectivity index (χ1n) is 3.51. The molecule has 62 valence electrons. The highest BCUT2D eigenvalue weighted by Crippen LogP contribution is 2.04. The number of hydrogen-bond acceptors (Lipinski definition) is 3. The highest BCUT2D eigenvalue weighted by Gasteiger charge is 2.29. The van der Waals surface area contributed by atoms with E-state index in [2.05, 4.69) is 13.1 Å². The predicted octanol–water partition coefficient (Wildman–Crippen LogP) is -1.85. The first-order valence-corrected chi connectivity index (χ1v) is 10.5. The third-order valence-corrected chi connectivity index (χ3v) is 10.7. The van der Waals surface area contributed by atoms with Crippen LogP contribution in [-0.2, 0) is 12.3 Å². The maximum atomic E-state index is 5.52. The zero-order valence-corrected chi connectivity index (χ0v) is 13.0. The van der Waals surface area contributed by atoms with Crippen molar-refractivity contribution in [3.8, 4) is 0 Å². The van der Waals surface area contributed by atoms with Gasteiger partial charge in [-0.2, -0.15) is 0 Å². The van der Waals surface area contributed by atoms with Crippen LogP contribution in [0.3, 0.4) is 0 Å². The zero-order valence-electron chi connectivity index (χ0n) is 7.14. The molecule has 0 radical (unpaired) electrons. The van der Waals surface area contributed by atoms with Gasteiger partial charge < -0.3 is 12.3 Å². The fourth-order valence-corrected chi connectivity index (χ4v) is 9.03. The molecule has 0 aromatic rings. The van der Waals surface area contributed by atoms with Crippen LogP contribution in [0.1, 0.15) is 0 Å². The highest BCUT2D eigenvalue weighted by molar-refractivity contribution is 6.70. The third kappa shape index (κ3) is 3.80. The minimum atomic E-state index is -2.04. The van der Waals surface area contributed by atoms with E-state index in [4.69, 9.17) is 12.3 Å². The summed E-state index contributed by atoms with van der Waals surface area (Å²) in [6, 6.07) is 0. The molecule has 0 unspecified atom stereocenters. The molecular weight excluding hydrogens is 196 g/mol. The molecule has 0 spiro atoms. The molecule has 0 N–H and O–H groups in total. The monoisotopic (exact) mass is 212 g/mol. The largest absolute Gasteiger partial charge is 0.464 e. The van der Waals surface area contributed by atoms with Gasteiger partial charge in [0.2, 0.25) is 0 Å². The van der Waals surface area contributed by atoms with E-state index < -0.39 is 8.80 Å². The van der Waals surface area contributed by atoms with Crippen molar-refractivity contribution in [3.05, 3.63) is 0 Å². The second kappa shape index (κ2) is 5.40. The van der Waals surface area contributed by atoms with Gasteiger partial charge in [0.15, 0.2) is 0 Å². The Labute approximate surface area is 71.3 Å². The predicted molar refractivity (Wildman–Crippen MR) is 53.6 cm³/mol. The molecule has 0 bridgehead atoms. The van der Waals surface area contributed by atoms with E-state index in [0.717, 1.165) is 10.5 Å². The fraction of sp³-hybridized carbons (Fsp3) is 1.00. The Morgan fingerprint density at radius 1 is 1.20 bits per heavy atom. The molecule has 10 heavy (non-hydrogen) atoms. The Balaban J connectivity index is 3.69. The lowest BCUT2D eigenvalue weighted by molar-refractivity contribution is 0.298. The van der Waals surface area contributed by atoms with Crippen molar-refractivity contribution in [2.24, 2.45) is 0 Å². The van der Waals surface area contributed by atoms with Crippen molar-refractivity contribution in [2.45, 2.75) is 19.6 Å². The van der Waals surface area contributed by atoms with Gasteiger partial charge in [-0.05, 0) is 0 Å². The van der Waals surface area contributed by atoms with Crippen LogP contribution in [-0.4, -0.2) is 38.8 Å². The summed E-state index contributed by atoms with van der Waals surface area (Å²) in [6.45, 7) is 6.20. The molecule has 0 amide bonds. The molecule has 0 heterocycles. The molecule has 0 saturated carbocycles. The molecule has 0 fully saturated rings. The van der Waals surface area contributed by atoms with E-state index >= 15 is 0 Å². The van der Waals surface area contributed by atoms with Crippen molar-refractivity contribution in [1.82, 2.24) is 0 Å². The topological polar surface area (TPSA) is 27.7 Å². The fourth-order valence-electron chi connectivity index (χ4n) is 0.684. The standard InChI is InChI=1S/C3H16O3Si4/c1-8-5-10(3,4-7)6-9-2/h8-9H2,1-3,7H3. The molecule has 3 nitrogen and oxygen atoms in total. The second-order valence-electron chi connectivity index (χ2n) is 1.93. The Kier molecular flexibility index (Phi) is 5.81. The van der Waals surface area contributed by atoms with Crippen LogP contribution in [0.5, 0.6) is 0 Å². The summed E-state index contributed by atoms with van der Waals surface area (Å²) in [5.74, 6) is 0. The summed E-state index contributed by atoms with van der Waals surface area (Å²) in [4.78, 5) is 0. The van der Waals surface area contributed by atoms with Gasteiger partial charge in [-0.15, -0.1) is 0 Å². The molecule has 0 rings (SSSR count). The molecule has 0 atom stereocenters. The average molecular weight is 213 g/mol. The van der Waals surface area contributed by atoms with Crippen LogP contribution in [0.4, 0.5) is 0 Å². The lowest BCUT2D eigenvalue weighted by atomic mass is 11.9. The van der Waals surface area contributed by atoms with Gasteiger partial charge >= 0.3 is 8.80 Å². The van der Waals surface area contributed by atoms with Crippen molar-refractivity contribution in [3.63, 3.8) is 0 Å². The van der Waals surface area contributed by atoms with Crippen LogP contribution < -0.4 is 0 Å². The van der Waals surface area contributed by atoms with Crippen LogP contribution in [0.25, 0.3) is 0 Å². The first kappa shape index (κ1) is 10.7. The molecule has 7 heteroatoms. The van der Waals surface area contributed by atoms with E-state index in [1.165, 1.54) is 0 Å². The maximum absolute atomic E-state index is 5.52. The van der Waals surface area contributed by atoms with Crippen molar-refractivity contribution in [1.29, 1.82) is 0 Å². The van der Waals surface area contributed by atoms with E-state index in [1.807, 2.05) is 6.55 Å². The van der Waals surface area contributed by atoms with Crippen molar-refractivity contribution >= 4 is 38.8 Å². The van der Waals surface area contributed by atoms with E-state index in [0.29, 0.717) is 0 Å². The van der Waals surface area contributed by atoms with Gasteiger partial charge in [-0.25, -0.2) is 0 Å². The second-order valence-corrected chi connectivity index (χ2v) is 8.75. The van der Waals surface area contributed by atoms with Crippen molar-refractivity contribution in [2.75, 3.05) is 0 Å². The van der Waals surface area contributed by atoms with E-state index in [1.54, 1.807) is 0 Å². The average Bonchev–Trinajstić information content (AvgIpc) is 1.89. The summed E-state index contributed by atoms with van der Waals surface area (Å²) >= 11 is 0. The smallest absolute Gasteiger partial charge is 0.426 e. The van der Waals surface area contributed by atoms with Gasteiger partial charge in [-0.3, -0.25) is 0 Å². The lowest BCUT2D eigenvalue weighted by Crippen LogP contribution is -2.43. The van der Waals surface area contributed by atoms with Gasteiger partial charge in [0.25, 0.3) is 0 Å². The summed E-state index contributed by atoms with van der Waals surface area (Å²) in [5.41, 5.74) is 0. The minimum Gasteiger partial charge on any atom is -0.426 e. The molecular formula is C3H16O3Si4. The molecule has 0 aliphatic carbocycles. The van der Waals surface area contributed by atoms with Crippen molar-refractivity contribution < 1.29 is 12.3 Å². The van der Waals surface area contributed by atoms with Crippen LogP contribution in [0, 0.1) is 0 Å². The summed E-state index contributed by atoms with van der Waals surface area (Å²) in [6.07, 6.45) is 0. The Hall–Kier alpha value is 0.748. The normalized spacial score (nSPS) is 19.5. The Morgan fingerprint density at radius 2 is 1.60 bits per heavy atom. The Morgan fingerprint density at radius 3 is 1.80 bits per heavy atom. The number of rotatable bonds is 5. The molecule has 0 saturated heterocycles. The maximum Gasteiger partial charge on any atom is 0.464 e. The molecule has 0 aromatic carbocycles. The Bertz CT molecular complexity index is 83.8. The molecule has 0 aromatic heterocycles. The highest BCUT2D eigenvalue weighted by atomic mass is 28.5. The van der Waals surface area contributed by atoms with Gasteiger partial charge in [0, 0.05) is 6.55 Å². The molecule has 0 aliphatic heterocycles.